The Kier molecular flexibility index (Phi) is 3.60. The van der Waals surface area contributed by atoms with Crippen LogP contribution in [0.15, 0.2) is 18.2 Å². The third-order valence-electron chi connectivity index (χ3n) is 2.81. The van der Waals surface area contributed by atoms with Crippen LogP contribution in [0.1, 0.15) is 21.8 Å². The molecule has 90 valence electrons. The van der Waals surface area contributed by atoms with Crippen LogP contribution in [-0.4, -0.2) is 11.5 Å². The van der Waals surface area contributed by atoms with E-state index in [2.05, 4.69) is 44.0 Å². The van der Waals surface area contributed by atoms with Crippen LogP contribution in [0.3, 0.4) is 0 Å². The molecule has 0 saturated heterocycles. The van der Waals surface area contributed by atoms with Crippen molar-refractivity contribution in [2.24, 2.45) is 5.73 Å². The molecule has 0 radical (unpaired) electrons. The molecule has 0 spiro atoms. The van der Waals surface area contributed by atoms with Crippen LogP contribution in [0.5, 0.6) is 0 Å². The Labute approximate surface area is 107 Å². The van der Waals surface area contributed by atoms with Crippen LogP contribution in [0.2, 0.25) is 0 Å². The second kappa shape index (κ2) is 4.98. The van der Waals surface area contributed by atoms with E-state index in [0.29, 0.717) is 6.54 Å². The molecule has 0 bridgehead atoms. The molecular weight excluding hydrogens is 228 g/mol. The fourth-order valence-corrected chi connectivity index (χ4v) is 3.11. The highest BCUT2D eigenvalue weighted by molar-refractivity contribution is 7.15. The summed E-state index contributed by atoms with van der Waals surface area (Å²) < 4.78 is 0. The molecule has 0 aliphatic carbocycles. The number of hydrogen-bond donors (Lipinski definition) is 1. The van der Waals surface area contributed by atoms with Gasteiger partial charge in [0.2, 0.25) is 0 Å². The van der Waals surface area contributed by atoms with Crippen LogP contribution in [0.25, 0.3) is 10.4 Å². The molecule has 2 rings (SSSR count). The fourth-order valence-electron chi connectivity index (χ4n) is 2.06. The van der Waals surface area contributed by atoms with E-state index in [4.69, 9.17) is 5.73 Å². The summed E-state index contributed by atoms with van der Waals surface area (Å²) in [7, 11) is 0. The minimum atomic E-state index is 0.654. The van der Waals surface area contributed by atoms with E-state index < -0.39 is 0 Å². The molecule has 1 heterocycles. The van der Waals surface area contributed by atoms with Gasteiger partial charge in [-0.15, -0.1) is 11.3 Å². The summed E-state index contributed by atoms with van der Waals surface area (Å²) >= 11 is 1.76. The highest BCUT2D eigenvalue weighted by Gasteiger charge is 2.12. The third kappa shape index (κ3) is 2.56. The molecule has 2 aromatic rings. The van der Waals surface area contributed by atoms with E-state index >= 15 is 0 Å². The quantitative estimate of drug-likeness (QED) is 0.903. The molecule has 17 heavy (non-hydrogen) atoms. The van der Waals surface area contributed by atoms with Crippen molar-refractivity contribution < 1.29 is 0 Å². The summed E-state index contributed by atoms with van der Waals surface area (Å²) in [4.78, 5) is 5.86. The molecular formula is C14H18N2S. The third-order valence-corrected chi connectivity index (χ3v) is 3.86. The van der Waals surface area contributed by atoms with Crippen LogP contribution >= 0.6 is 11.3 Å². The maximum Gasteiger partial charge on any atom is 0.0903 e. The van der Waals surface area contributed by atoms with Gasteiger partial charge in [-0.3, -0.25) is 0 Å². The van der Waals surface area contributed by atoms with Gasteiger partial charge in [0.05, 0.1) is 15.6 Å². The Morgan fingerprint density at radius 3 is 2.65 bits per heavy atom. The topological polar surface area (TPSA) is 38.9 Å². The summed E-state index contributed by atoms with van der Waals surface area (Å²) in [6, 6.07) is 6.57. The predicted octanol–water partition coefficient (Wildman–Crippen LogP) is 3.24. The average molecular weight is 246 g/mol. The number of hydrogen-bond acceptors (Lipinski definition) is 3. The Hall–Kier alpha value is -1.19. The zero-order chi connectivity index (χ0) is 12.4. The van der Waals surface area contributed by atoms with Gasteiger partial charge in [0.25, 0.3) is 0 Å². The molecule has 0 aliphatic heterocycles. The van der Waals surface area contributed by atoms with Gasteiger partial charge in [0, 0.05) is 6.42 Å². The predicted molar refractivity (Wildman–Crippen MR) is 74.5 cm³/mol. The lowest BCUT2D eigenvalue weighted by Crippen LogP contribution is -2.04. The molecule has 0 aliphatic rings. The Bertz CT molecular complexity index is 529. The number of nitrogens with zero attached hydrogens (tertiary/aromatic N) is 1. The average Bonchev–Trinajstić information content (AvgIpc) is 2.60. The Balaban J connectivity index is 2.51. The number of thiazole rings is 1. The van der Waals surface area contributed by atoms with Crippen LogP contribution in [0.4, 0.5) is 0 Å². The second-order valence-corrected chi connectivity index (χ2v) is 5.57. The van der Waals surface area contributed by atoms with Gasteiger partial charge in [-0.25, -0.2) is 4.98 Å². The first-order valence-corrected chi connectivity index (χ1v) is 6.67. The molecule has 0 unspecified atom stereocenters. The van der Waals surface area contributed by atoms with Crippen molar-refractivity contribution in [3.05, 3.63) is 40.0 Å². The van der Waals surface area contributed by atoms with Crippen molar-refractivity contribution in [2.75, 3.05) is 6.54 Å². The molecule has 0 saturated carbocycles. The number of aromatic nitrogens is 1. The molecule has 3 heteroatoms. The largest absolute Gasteiger partial charge is 0.330 e. The maximum absolute atomic E-state index is 5.64. The number of rotatable bonds is 3. The minimum absolute atomic E-state index is 0.654. The van der Waals surface area contributed by atoms with Gasteiger partial charge in [-0.05, 0) is 38.4 Å². The van der Waals surface area contributed by atoms with Crippen molar-refractivity contribution in [3.63, 3.8) is 0 Å². The van der Waals surface area contributed by atoms with E-state index in [0.717, 1.165) is 17.1 Å². The van der Waals surface area contributed by atoms with E-state index in [-0.39, 0.29) is 0 Å². The fraction of sp³-hybridized carbons (Fsp3) is 0.357. The molecule has 2 N–H and O–H groups in total. The van der Waals surface area contributed by atoms with E-state index in [1.807, 2.05) is 0 Å². The Morgan fingerprint density at radius 2 is 2.00 bits per heavy atom. The maximum atomic E-state index is 5.64. The van der Waals surface area contributed by atoms with Gasteiger partial charge in [-0.2, -0.15) is 0 Å². The smallest absolute Gasteiger partial charge is 0.0903 e. The molecule has 1 aromatic carbocycles. The first-order valence-electron chi connectivity index (χ1n) is 5.86. The van der Waals surface area contributed by atoms with Crippen LogP contribution < -0.4 is 5.73 Å². The summed E-state index contributed by atoms with van der Waals surface area (Å²) in [5, 5.41) is 1.11. The normalized spacial score (nSPS) is 10.8. The first-order chi connectivity index (χ1) is 8.11. The SMILES string of the molecule is Cc1ccc(-c2sc(C)nc2CCN)c(C)c1. The van der Waals surface area contributed by atoms with Crippen molar-refractivity contribution in [2.45, 2.75) is 27.2 Å². The number of nitrogens with two attached hydrogens (primary N) is 1. The lowest BCUT2D eigenvalue weighted by atomic mass is 10.0. The highest BCUT2D eigenvalue weighted by atomic mass is 32.1. The van der Waals surface area contributed by atoms with Crippen molar-refractivity contribution in [3.8, 4) is 10.4 Å². The van der Waals surface area contributed by atoms with Crippen molar-refractivity contribution in [1.82, 2.24) is 4.98 Å². The molecule has 2 nitrogen and oxygen atoms in total. The summed E-state index contributed by atoms with van der Waals surface area (Å²) in [6.45, 7) is 6.98. The van der Waals surface area contributed by atoms with Crippen molar-refractivity contribution in [1.29, 1.82) is 0 Å². The molecule has 0 amide bonds. The summed E-state index contributed by atoms with van der Waals surface area (Å²) in [6.07, 6.45) is 0.854. The molecule has 0 fully saturated rings. The van der Waals surface area contributed by atoms with Gasteiger partial charge in [0.1, 0.15) is 0 Å². The van der Waals surface area contributed by atoms with E-state index in [1.54, 1.807) is 11.3 Å². The summed E-state index contributed by atoms with van der Waals surface area (Å²) in [5.74, 6) is 0. The Morgan fingerprint density at radius 1 is 1.24 bits per heavy atom. The standard InChI is InChI=1S/C14H18N2S/c1-9-4-5-12(10(2)8-9)14-13(6-7-15)16-11(3)17-14/h4-5,8H,6-7,15H2,1-3H3. The van der Waals surface area contributed by atoms with Gasteiger partial charge >= 0.3 is 0 Å². The van der Waals surface area contributed by atoms with Crippen LogP contribution in [-0.2, 0) is 6.42 Å². The number of aryl methyl sites for hydroxylation is 3. The molecule has 0 atom stereocenters. The summed E-state index contributed by atoms with van der Waals surface area (Å²) in [5.41, 5.74) is 10.7. The molecule has 1 aromatic heterocycles. The van der Waals surface area contributed by atoms with Crippen LogP contribution in [0, 0.1) is 20.8 Å². The lowest BCUT2D eigenvalue weighted by molar-refractivity contribution is 0.930. The van der Waals surface area contributed by atoms with Gasteiger partial charge in [0.15, 0.2) is 0 Å². The highest BCUT2D eigenvalue weighted by Crippen LogP contribution is 2.32. The lowest BCUT2D eigenvalue weighted by Gasteiger charge is -2.06. The zero-order valence-corrected chi connectivity index (χ0v) is 11.4. The minimum Gasteiger partial charge on any atom is -0.330 e. The van der Waals surface area contributed by atoms with Crippen molar-refractivity contribution >= 4 is 11.3 Å². The van der Waals surface area contributed by atoms with Gasteiger partial charge in [-0.1, -0.05) is 23.8 Å². The van der Waals surface area contributed by atoms with E-state index in [1.165, 1.54) is 21.6 Å². The van der Waals surface area contributed by atoms with E-state index in [9.17, 15) is 0 Å². The zero-order valence-electron chi connectivity index (χ0n) is 10.6. The second-order valence-electron chi connectivity index (χ2n) is 4.37. The first kappa shape index (κ1) is 12.3. The van der Waals surface area contributed by atoms with Gasteiger partial charge < -0.3 is 5.73 Å². The number of benzene rings is 1. The monoisotopic (exact) mass is 246 g/mol.